The molecule has 12 heterocycles. The number of hydrogen-bond acceptors (Lipinski definition) is 18. The van der Waals surface area contributed by atoms with Gasteiger partial charge in [-0.15, -0.1) is 12.4 Å². The molecule has 7 aromatic heterocycles. The van der Waals surface area contributed by atoms with Gasteiger partial charge in [0.15, 0.2) is 29.6 Å². The van der Waals surface area contributed by atoms with Crippen LogP contribution in [-0.4, -0.2) is 99.9 Å². The van der Waals surface area contributed by atoms with Crippen molar-refractivity contribution in [3.05, 3.63) is 318 Å². The minimum absolute atomic E-state index is 0. The van der Waals surface area contributed by atoms with Crippen LogP contribution in [0.2, 0.25) is 0 Å². The number of carboxylic acids is 1. The summed E-state index contributed by atoms with van der Waals surface area (Å²) in [5.41, 5.74) is 12.1. The lowest BCUT2D eigenvalue weighted by Crippen LogP contribution is -2.24. The summed E-state index contributed by atoms with van der Waals surface area (Å²) < 4.78 is 157. The predicted molar refractivity (Wildman–Crippen MR) is 420 cm³/mol. The number of halogens is 12. The standard InChI is InChI=1S/C20H19F2N3O2.C18H15F2N3O2.C15H13F2N3O2.C15H15F2N3.C10H11F2N.C5H3FN2O2.ClH/c1-2-27-20(26)18-11-23-19-8-6-14(12-25(18)19)24-9-3-4-17(24)15-10-13(21)5-7-16(15)22;19-11-3-5-14(20)13(8-11)15-2-1-7-22(15)12-4-6-17-21-9-16(18(24)25)23(17)10-12;16-10-3-5-13(17)12(8-10)14-2-1-7-19(14)11-4-6-15(18-9-11)20(21)22;16-10-3-5-13(17)12(8-10)14-2-1-7-20(14)11-4-6-15(18)19-9-11;11-7-3-4-9(12)8(6-7)10-2-1-5-13-10;6-4-1-2-5(7-3-4)8(9)10;/h5-8,10-12,17H,2-4,9H2,1H3;3-6,8-10,15H,1-2,7H2,(H,24,25);3-6,8-9,14H,1-2,7H2;3-6,8-9,14H,1-2,7H2,(H2,18,19);3-4,6,10,13H,1-2,5H2;1-3H;1H/t17-;15-;;14-;10-;;/m11.11../s1. The molecule has 616 valence electrons. The first-order valence-corrected chi connectivity index (χ1v) is 37.3. The molecule has 0 saturated carbocycles. The van der Waals surface area contributed by atoms with Gasteiger partial charge < -0.3 is 60.7 Å². The number of carbonyl (C=O) groups excluding carboxylic acids is 1. The molecule has 5 fully saturated rings. The molecular weight excluding hydrogens is 1580 g/mol. The molecule has 5 aliphatic heterocycles. The predicted octanol–water partition coefficient (Wildman–Crippen LogP) is 18.6. The van der Waals surface area contributed by atoms with E-state index in [1.54, 1.807) is 54.2 Å². The molecule has 0 amide bonds. The second-order valence-corrected chi connectivity index (χ2v) is 27.6. The second-order valence-electron chi connectivity index (χ2n) is 27.6. The first kappa shape index (κ1) is 86.0. The molecule has 12 aromatic rings. The molecule has 0 bridgehead atoms. The summed E-state index contributed by atoms with van der Waals surface area (Å²) in [6, 6.07) is 32.4. The molecule has 17 rings (SSSR count). The Balaban J connectivity index is 0.000000142. The Morgan fingerprint density at radius 1 is 0.441 bits per heavy atom. The van der Waals surface area contributed by atoms with Crippen molar-refractivity contribution in [2.24, 2.45) is 0 Å². The van der Waals surface area contributed by atoms with E-state index in [4.69, 9.17) is 10.5 Å². The number of benzene rings is 5. The number of nitro groups is 2. The van der Waals surface area contributed by atoms with Gasteiger partial charge in [-0.1, -0.05) is 0 Å². The lowest BCUT2D eigenvalue weighted by atomic mass is 10.0. The Morgan fingerprint density at radius 3 is 1.15 bits per heavy atom. The molecule has 5 atom stereocenters. The lowest BCUT2D eigenvalue weighted by molar-refractivity contribution is -0.389. The molecule has 5 aliphatic rings. The zero-order chi connectivity index (χ0) is 83.1. The van der Waals surface area contributed by atoms with Gasteiger partial charge in [-0.2, -0.15) is 0 Å². The van der Waals surface area contributed by atoms with Crippen LogP contribution in [0, 0.1) is 84.2 Å². The number of nitrogens with one attached hydrogen (secondary N) is 1. The van der Waals surface area contributed by atoms with Crippen LogP contribution < -0.4 is 30.7 Å². The van der Waals surface area contributed by atoms with E-state index < -0.39 is 68.3 Å². The molecule has 0 radical (unpaired) electrons. The van der Waals surface area contributed by atoms with E-state index in [1.165, 1.54) is 77.6 Å². The number of nitrogens with zero attached hydrogens (tertiary/aromatic N) is 13. The molecule has 5 aromatic carbocycles. The third kappa shape index (κ3) is 20.7. The van der Waals surface area contributed by atoms with Crippen molar-refractivity contribution in [2.75, 3.05) is 64.7 Å². The summed E-state index contributed by atoms with van der Waals surface area (Å²) in [7, 11) is 0. The number of nitrogen functional groups attached to an aromatic ring is 1. The Morgan fingerprint density at radius 2 is 0.797 bits per heavy atom. The fraction of sp³-hybridized carbons (Fsp3) is 0.265. The number of carbonyl (C=O) groups is 2. The first-order chi connectivity index (χ1) is 56.3. The Bertz CT molecular complexity index is 5530. The second kappa shape index (κ2) is 39.2. The van der Waals surface area contributed by atoms with Gasteiger partial charge in [-0.25, -0.2) is 72.8 Å². The zero-order valence-electron chi connectivity index (χ0n) is 62.9. The molecule has 118 heavy (non-hydrogen) atoms. The SMILES string of the molecule is CCOC(=O)c1cnc2ccc(N3CCC[C@@H]3c3cc(F)ccc3F)cn12.Cl.Fc1ccc(F)c([C@H]2CCCN2)c1.Nc1ccc(N2CCC[C@@H]2c2cc(F)ccc2F)cn1.O=C(O)c1cnc2ccc(N3CCC[C@@H]3c3cc(F)ccc3F)cn12.O=[N+]([O-])c1ccc(F)cn1.O=[N+]([O-])c1ccc(N2CCCC2c2cc(F)ccc2F)cn1. The van der Waals surface area contributed by atoms with Crippen LogP contribution in [0.15, 0.2) is 195 Å². The van der Waals surface area contributed by atoms with Crippen LogP contribution in [-0.2, 0) is 4.74 Å². The minimum Gasteiger partial charge on any atom is -0.477 e. The van der Waals surface area contributed by atoms with E-state index in [0.29, 0.717) is 82.2 Å². The summed E-state index contributed by atoms with van der Waals surface area (Å²) in [4.78, 5) is 70.1. The maximum absolute atomic E-state index is 14.3. The van der Waals surface area contributed by atoms with E-state index in [2.05, 4.69) is 30.2 Å². The van der Waals surface area contributed by atoms with Gasteiger partial charge in [0, 0.05) is 84.6 Å². The van der Waals surface area contributed by atoms with Crippen molar-refractivity contribution in [2.45, 2.75) is 101 Å². The van der Waals surface area contributed by atoms with Crippen LogP contribution in [0.1, 0.15) is 150 Å². The van der Waals surface area contributed by atoms with Gasteiger partial charge in [0.05, 0.1) is 72.1 Å². The van der Waals surface area contributed by atoms with E-state index in [0.717, 1.165) is 149 Å². The molecule has 0 aliphatic carbocycles. The number of fused-ring (bicyclic) bond motifs is 2. The van der Waals surface area contributed by atoms with Crippen molar-refractivity contribution in [1.82, 2.24) is 39.0 Å². The van der Waals surface area contributed by atoms with Crippen LogP contribution in [0.3, 0.4) is 0 Å². The monoisotopic (exact) mass is 1660 g/mol. The first-order valence-electron chi connectivity index (χ1n) is 37.3. The number of esters is 1. The number of carboxylic acid groups (broad SMARTS) is 1. The number of aromatic nitrogens is 7. The summed E-state index contributed by atoms with van der Waals surface area (Å²) in [6.07, 6.45) is 18.4. The van der Waals surface area contributed by atoms with Crippen molar-refractivity contribution in [1.29, 1.82) is 0 Å². The molecule has 1 unspecified atom stereocenters. The summed E-state index contributed by atoms with van der Waals surface area (Å²) in [5.74, 6) is -6.41. The van der Waals surface area contributed by atoms with Crippen LogP contribution >= 0.6 is 12.4 Å². The third-order valence-electron chi connectivity index (χ3n) is 20.3. The Hall–Kier alpha value is -12.9. The van der Waals surface area contributed by atoms with E-state index in [9.17, 15) is 83.2 Å². The number of anilines is 5. The molecule has 5 saturated heterocycles. The van der Waals surface area contributed by atoms with Gasteiger partial charge in [0.2, 0.25) is 0 Å². The van der Waals surface area contributed by atoms with E-state index >= 15 is 0 Å². The van der Waals surface area contributed by atoms with Crippen molar-refractivity contribution >= 4 is 75.8 Å². The topological polar surface area (TPSA) is 274 Å². The molecule has 0 spiro atoms. The summed E-state index contributed by atoms with van der Waals surface area (Å²) >= 11 is 0. The number of pyridine rings is 5. The van der Waals surface area contributed by atoms with Crippen molar-refractivity contribution in [3.8, 4) is 0 Å². The van der Waals surface area contributed by atoms with Crippen molar-refractivity contribution in [3.63, 3.8) is 0 Å². The van der Waals surface area contributed by atoms with Crippen LogP contribution in [0.4, 0.5) is 88.5 Å². The number of rotatable bonds is 14. The molecule has 4 N–H and O–H groups in total. The highest BCUT2D eigenvalue weighted by atomic mass is 35.5. The number of imidazole rings is 2. The van der Waals surface area contributed by atoms with Gasteiger partial charge in [-0.05, 0) is 237 Å². The lowest BCUT2D eigenvalue weighted by Gasteiger charge is -2.27. The van der Waals surface area contributed by atoms with Gasteiger partial charge in [0.25, 0.3) is 0 Å². The van der Waals surface area contributed by atoms with Crippen LogP contribution in [0.25, 0.3) is 11.3 Å². The number of hydrogen-bond donors (Lipinski definition) is 3. The normalized spacial score (nSPS) is 17.2. The van der Waals surface area contributed by atoms with E-state index in [1.807, 2.05) is 37.8 Å². The Labute approximate surface area is 673 Å². The summed E-state index contributed by atoms with van der Waals surface area (Å²) in [5, 5.41) is 33.0. The maximum atomic E-state index is 14.3. The highest BCUT2D eigenvalue weighted by Gasteiger charge is 2.34. The van der Waals surface area contributed by atoms with E-state index in [-0.39, 0.29) is 84.0 Å². The zero-order valence-corrected chi connectivity index (χ0v) is 63.8. The van der Waals surface area contributed by atoms with Gasteiger partial charge >= 0.3 is 23.6 Å². The average Bonchev–Trinajstić information content (AvgIpc) is 1.61. The highest BCUT2D eigenvalue weighted by Crippen LogP contribution is 2.42. The quantitative estimate of drug-likeness (QED) is 0.0395. The molecule has 23 nitrogen and oxygen atoms in total. The number of ether oxygens (including phenoxy) is 1. The molecule has 35 heteroatoms. The minimum atomic E-state index is -1.07. The summed E-state index contributed by atoms with van der Waals surface area (Å²) in [6.45, 7) is 5.78. The fourth-order valence-corrected chi connectivity index (χ4v) is 14.9. The molecular formula is C83H77ClF11N15O8. The number of nitrogens with two attached hydrogens (primary N) is 1. The Kier molecular flexibility index (Phi) is 28.6. The highest BCUT2D eigenvalue weighted by molar-refractivity contribution is 5.89. The van der Waals surface area contributed by atoms with Crippen molar-refractivity contribution < 1.29 is 77.6 Å². The maximum Gasteiger partial charge on any atom is 0.363 e. The number of aromatic carboxylic acids is 1. The largest absolute Gasteiger partial charge is 0.477 e. The average molecular weight is 1660 g/mol. The van der Waals surface area contributed by atoms with Crippen LogP contribution in [0.5, 0.6) is 0 Å². The van der Waals surface area contributed by atoms with Gasteiger partial charge in [-0.3, -0.25) is 8.80 Å². The van der Waals surface area contributed by atoms with Gasteiger partial charge in [0.1, 0.15) is 75.3 Å². The third-order valence-corrected chi connectivity index (χ3v) is 20.3. The smallest absolute Gasteiger partial charge is 0.363 e. The fourth-order valence-electron chi connectivity index (χ4n) is 14.9.